The standard InChI is InChI=1S/C23H24ClNO4S2/c1-4-15-6-8-17(9-7-15)28-10-5-11-29-21-18(24)12-16(13-19(21)27-3)14-20-22(26)25(2)23(30)31-20/h6-9,12-14H,4-5,10-11H2,1-3H3/b20-14-. The SMILES string of the molecule is CCc1ccc(OCCCOc2c(Cl)cc(/C=C3\SC(=S)N(C)C3=O)cc2OC)cc1. The number of thiocarbonyl (C=S) groups is 1. The fourth-order valence-electron chi connectivity index (χ4n) is 2.90. The van der Waals surface area contributed by atoms with E-state index in [0.29, 0.717) is 45.4 Å². The van der Waals surface area contributed by atoms with Gasteiger partial charge in [-0.15, -0.1) is 0 Å². The Kier molecular flexibility index (Phi) is 8.23. The van der Waals surface area contributed by atoms with Crippen LogP contribution in [0, 0.1) is 0 Å². The summed E-state index contributed by atoms with van der Waals surface area (Å²) in [6.07, 6.45) is 3.45. The molecular weight excluding hydrogens is 454 g/mol. The molecule has 1 saturated heterocycles. The van der Waals surface area contributed by atoms with E-state index in [-0.39, 0.29) is 5.91 Å². The van der Waals surface area contributed by atoms with Crippen LogP contribution in [-0.2, 0) is 11.2 Å². The van der Waals surface area contributed by atoms with Crippen LogP contribution in [-0.4, -0.2) is 42.5 Å². The first kappa shape index (κ1) is 23.4. The molecule has 2 aromatic carbocycles. The predicted molar refractivity (Wildman–Crippen MR) is 130 cm³/mol. The number of benzene rings is 2. The first-order valence-corrected chi connectivity index (χ1v) is 11.5. The number of rotatable bonds is 9. The number of hydrogen-bond acceptors (Lipinski definition) is 6. The molecule has 1 heterocycles. The highest BCUT2D eigenvalue weighted by Gasteiger charge is 2.28. The maximum atomic E-state index is 12.2. The molecule has 3 rings (SSSR count). The zero-order valence-corrected chi connectivity index (χ0v) is 20.0. The summed E-state index contributed by atoms with van der Waals surface area (Å²) in [6, 6.07) is 11.6. The van der Waals surface area contributed by atoms with Gasteiger partial charge in [0.15, 0.2) is 11.5 Å². The minimum Gasteiger partial charge on any atom is -0.493 e. The summed E-state index contributed by atoms with van der Waals surface area (Å²) in [7, 11) is 3.21. The van der Waals surface area contributed by atoms with Crippen LogP contribution < -0.4 is 14.2 Å². The van der Waals surface area contributed by atoms with E-state index in [1.807, 2.05) is 12.1 Å². The number of ether oxygens (including phenoxy) is 3. The summed E-state index contributed by atoms with van der Waals surface area (Å²) in [5.74, 6) is 1.68. The fourth-order valence-corrected chi connectivity index (χ4v) is 4.36. The van der Waals surface area contributed by atoms with Crippen molar-refractivity contribution < 1.29 is 19.0 Å². The van der Waals surface area contributed by atoms with Gasteiger partial charge in [-0.3, -0.25) is 9.69 Å². The van der Waals surface area contributed by atoms with Gasteiger partial charge in [-0.05, 0) is 47.9 Å². The van der Waals surface area contributed by atoms with Crippen LogP contribution in [0.1, 0.15) is 24.5 Å². The van der Waals surface area contributed by atoms with Crippen molar-refractivity contribution in [2.75, 3.05) is 27.4 Å². The second kappa shape index (κ2) is 10.9. The van der Waals surface area contributed by atoms with Crippen LogP contribution in [0.5, 0.6) is 17.2 Å². The second-order valence-electron chi connectivity index (χ2n) is 6.82. The molecule has 164 valence electrons. The van der Waals surface area contributed by atoms with Gasteiger partial charge in [0.25, 0.3) is 5.91 Å². The molecule has 0 unspecified atom stereocenters. The number of thioether (sulfide) groups is 1. The van der Waals surface area contributed by atoms with Crippen LogP contribution in [0.4, 0.5) is 0 Å². The summed E-state index contributed by atoms with van der Waals surface area (Å²) < 4.78 is 17.6. The molecule has 2 aromatic rings. The Hall–Kier alpha value is -2.22. The minimum atomic E-state index is -0.130. The molecule has 1 fully saturated rings. The van der Waals surface area contributed by atoms with E-state index in [4.69, 9.17) is 38.0 Å². The summed E-state index contributed by atoms with van der Waals surface area (Å²) in [5, 5.41) is 0.411. The zero-order chi connectivity index (χ0) is 22.4. The third-order valence-corrected chi connectivity index (χ3v) is 6.44. The van der Waals surface area contributed by atoms with Gasteiger partial charge in [0.1, 0.15) is 10.1 Å². The van der Waals surface area contributed by atoms with Gasteiger partial charge >= 0.3 is 0 Å². The lowest BCUT2D eigenvalue weighted by molar-refractivity contribution is -0.121. The van der Waals surface area contributed by atoms with E-state index in [1.54, 1.807) is 32.4 Å². The number of likely N-dealkylation sites (N-methyl/N-ethyl adjacent to an activating group) is 1. The number of amides is 1. The van der Waals surface area contributed by atoms with Crippen molar-refractivity contribution in [3.8, 4) is 17.2 Å². The van der Waals surface area contributed by atoms with Crippen LogP contribution >= 0.6 is 35.6 Å². The van der Waals surface area contributed by atoms with Crippen molar-refractivity contribution in [1.82, 2.24) is 4.90 Å². The Labute approximate surface area is 197 Å². The molecule has 0 aliphatic carbocycles. The second-order valence-corrected chi connectivity index (χ2v) is 8.91. The number of halogens is 1. The number of carbonyl (C=O) groups is 1. The normalized spacial score (nSPS) is 15.0. The van der Waals surface area contributed by atoms with Crippen molar-refractivity contribution >= 4 is 51.9 Å². The molecule has 1 aliphatic rings. The maximum absolute atomic E-state index is 12.2. The van der Waals surface area contributed by atoms with Gasteiger partial charge in [-0.1, -0.05) is 54.6 Å². The van der Waals surface area contributed by atoms with Gasteiger partial charge in [-0.25, -0.2) is 0 Å². The van der Waals surface area contributed by atoms with Gasteiger partial charge < -0.3 is 14.2 Å². The summed E-state index contributed by atoms with van der Waals surface area (Å²) in [6.45, 7) is 3.08. The number of nitrogens with zero attached hydrogens (tertiary/aromatic N) is 1. The molecule has 1 aliphatic heterocycles. The molecular formula is C23H24ClNO4S2. The lowest BCUT2D eigenvalue weighted by Crippen LogP contribution is -2.22. The summed E-state index contributed by atoms with van der Waals surface area (Å²) >= 11 is 12.9. The number of aryl methyl sites for hydroxylation is 1. The molecule has 8 heteroatoms. The maximum Gasteiger partial charge on any atom is 0.265 e. The van der Waals surface area contributed by atoms with Gasteiger partial charge in [0, 0.05) is 13.5 Å². The third-order valence-electron chi connectivity index (χ3n) is 4.67. The third kappa shape index (κ3) is 5.93. The van der Waals surface area contributed by atoms with E-state index in [2.05, 4.69) is 19.1 Å². The lowest BCUT2D eigenvalue weighted by Gasteiger charge is -2.14. The molecule has 0 N–H and O–H groups in total. The van der Waals surface area contributed by atoms with Gasteiger partial charge in [0.2, 0.25) is 0 Å². The quantitative estimate of drug-likeness (QED) is 0.266. The van der Waals surface area contributed by atoms with E-state index in [9.17, 15) is 4.79 Å². The fraction of sp³-hybridized carbons (Fsp3) is 0.304. The predicted octanol–water partition coefficient (Wildman–Crippen LogP) is 5.59. The molecule has 0 bridgehead atoms. The average Bonchev–Trinajstić information content (AvgIpc) is 3.01. The zero-order valence-electron chi connectivity index (χ0n) is 17.6. The highest BCUT2D eigenvalue weighted by molar-refractivity contribution is 8.26. The average molecular weight is 478 g/mol. The number of methoxy groups -OCH3 is 1. The Morgan fingerprint density at radius 2 is 1.87 bits per heavy atom. The first-order valence-electron chi connectivity index (χ1n) is 9.86. The summed E-state index contributed by atoms with van der Waals surface area (Å²) in [5.41, 5.74) is 2.02. The molecule has 0 saturated carbocycles. The Morgan fingerprint density at radius 3 is 2.48 bits per heavy atom. The molecule has 1 amide bonds. The molecule has 31 heavy (non-hydrogen) atoms. The topological polar surface area (TPSA) is 48.0 Å². The number of hydrogen-bond donors (Lipinski definition) is 0. The van der Waals surface area contributed by atoms with E-state index in [0.717, 1.165) is 17.7 Å². The highest BCUT2D eigenvalue weighted by atomic mass is 35.5. The number of carbonyl (C=O) groups excluding carboxylic acids is 1. The smallest absolute Gasteiger partial charge is 0.265 e. The van der Waals surface area contributed by atoms with Gasteiger partial charge in [0.05, 0.1) is 30.3 Å². The van der Waals surface area contributed by atoms with Crippen LogP contribution in [0.3, 0.4) is 0 Å². The Bertz CT molecular complexity index is 992. The van der Waals surface area contributed by atoms with Crippen LogP contribution in [0.25, 0.3) is 6.08 Å². The largest absolute Gasteiger partial charge is 0.493 e. The lowest BCUT2D eigenvalue weighted by atomic mass is 10.1. The van der Waals surface area contributed by atoms with Gasteiger partial charge in [-0.2, -0.15) is 0 Å². The highest BCUT2D eigenvalue weighted by Crippen LogP contribution is 2.38. The first-order chi connectivity index (χ1) is 14.9. The van der Waals surface area contributed by atoms with Crippen molar-refractivity contribution in [2.24, 2.45) is 0 Å². The minimum absolute atomic E-state index is 0.130. The molecule has 5 nitrogen and oxygen atoms in total. The summed E-state index contributed by atoms with van der Waals surface area (Å²) in [4.78, 5) is 14.2. The Morgan fingerprint density at radius 1 is 1.16 bits per heavy atom. The molecule has 0 atom stereocenters. The van der Waals surface area contributed by atoms with Crippen molar-refractivity contribution in [3.63, 3.8) is 0 Å². The van der Waals surface area contributed by atoms with Crippen molar-refractivity contribution in [1.29, 1.82) is 0 Å². The van der Waals surface area contributed by atoms with E-state index >= 15 is 0 Å². The Balaban J connectivity index is 1.58. The van der Waals surface area contributed by atoms with Crippen molar-refractivity contribution in [2.45, 2.75) is 19.8 Å². The van der Waals surface area contributed by atoms with Crippen LogP contribution in [0.15, 0.2) is 41.3 Å². The molecule has 0 spiro atoms. The molecule has 0 aromatic heterocycles. The van der Waals surface area contributed by atoms with E-state index in [1.165, 1.54) is 22.2 Å². The molecule has 0 radical (unpaired) electrons. The van der Waals surface area contributed by atoms with Crippen molar-refractivity contribution in [3.05, 3.63) is 57.5 Å². The van der Waals surface area contributed by atoms with Crippen LogP contribution in [0.2, 0.25) is 5.02 Å². The van der Waals surface area contributed by atoms with E-state index < -0.39 is 0 Å². The monoisotopic (exact) mass is 477 g/mol.